The molecule has 0 amide bonds. The van der Waals surface area contributed by atoms with E-state index < -0.39 is 0 Å². The lowest BCUT2D eigenvalue weighted by molar-refractivity contribution is 0.416. The molecule has 0 fully saturated rings. The van der Waals surface area contributed by atoms with Crippen LogP contribution in [0.25, 0.3) is 22.3 Å². The fraction of sp³-hybridized carbons (Fsp3) is 0.100. The molecule has 3 aromatic carbocycles. The number of rotatable bonds is 4. The molecule has 3 aromatic rings. The topological polar surface area (TPSA) is 9.23 Å². The molecule has 0 aliphatic carbocycles. The Kier molecular flexibility index (Phi) is 4.50. The van der Waals surface area contributed by atoms with E-state index in [1.165, 1.54) is 0 Å². The highest BCUT2D eigenvalue weighted by Crippen LogP contribution is 2.34. The predicted molar refractivity (Wildman–Crippen MR) is 94.5 cm³/mol. The first-order valence-corrected chi connectivity index (χ1v) is 8.34. The molecule has 1 nitrogen and oxygen atoms in total. The molecule has 109 valence electrons. The molecule has 0 atom stereocenters. The van der Waals surface area contributed by atoms with Gasteiger partial charge in [-0.2, -0.15) is 0 Å². The average Bonchev–Trinajstić information content (AvgIpc) is 2.62. The van der Waals surface area contributed by atoms with Crippen molar-refractivity contribution in [1.29, 1.82) is 0 Å². The van der Waals surface area contributed by atoms with Crippen molar-refractivity contribution >= 4 is 11.8 Å². The van der Waals surface area contributed by atoms with E-state index in [2.05, 4.69) is 54.8 Å². The Balaban J connectivity index is 2.11. The van der Waals surface area contributed by atoms with Gasteiger partial charge in [0.2, 0.25) is 0 Å². The van der Waals surface area contributed by atoms with Crippen LogP contribution in [0, 0.1) is 6.07 Å². The fourth-order valence-electron chi connectivity index (χ4n) is 2.45. The first kappa shape index (κ1) is 14.7. The van der Waals surface area contributed by atoms with Crippen LogP contribution in [0.4, 0.5) is 0 Å². The molecule has 0 saturated carbocycles. The van der Waals surface area contributed by atoms with Gasteiger partial charge in [-0.25, -0.2) is 0 Å². The van der Waals surface area contributed by atoms with Crippen LogP contribution >= 0.6 is 11.8 Å². The van der Waals surface area contributed by atoms with Crippen LogP contribution in [-0.4, -0.2) is 13.4 Å². The van der Waals surface area contributed by atoms with Crippen molar-refractivity contribution in [2.45, 2.75) is 4.90 Å². The van der Waals surface area contributed by atoms with Gasteiger partial charge in [0.25, 0.3) is 0 Å². The Morgan fingerprint density at radius 2 is 1.68 bits per heavy atom. The van der Waals surface area contributed by atoms with E-state index in [0.717, 1.165) is 32.9 Å². The summed E-state index contributed by atoms with van der Waals surface area (Å²) in [4.78, 5) is 1.15. The normalized spacial score (nSPS) is 10.5. The van der Waals surface area contributed by atoms with Gasteiger partial charge in [0.1, 0.15) is 5.75 Å². The molecular weight excluding hydrogens is 288 g/mol. The average molecular weight is 305 g/mol. The maximum absolute atomic E-state index is 5.52. The summed E-state index contributed by atoms with van der Waals surface area (Å²) < 4.78 is 5.52. The van der Waals surface area contributed by atoms with Crippen LogP contribution < -0.4 is 4.74 Å². The Bertz CT molecular complexity index is 766. The summed E-state index contributed by atoms with van der Waals surface area (Å²) in [7, 11) is 1.71. The number of ether oxygens (including phenoxy) is 1. The quantitative estimate of drug-likeness (QED) is 0.584. The molecule has 0 bridgehead atoms. The van der Waals surface area contributed by atoms with Crippen molar-refractivity contribution in [3.8, 4) is 28.0 Å². The second-order valence-electron chi connectivity index (χ2n) is 4.91. The lowest BCUT2D eigenvalue weighted by Crippen LogP contribution is -1.89. The van der Waals surface area contributed by atoms with Gasteiger partial charge in [0, 0.05) is 16.5 Å². The summed E-state index contributed by atoms with van der Waals surface area (Å²) >= 11 is 1.71. The highest BCUT2D eigenvalue weighted by molar-refractivity contribution is 7.98. The number of thioether (sulfide) groups is 1. The zero-order chi connectivity index (χ0) is 15.4. The molecule has 0 aromatic heterocycles. The first-order valence-electron chi connectivity index (χ1n) is 7.12. The summed E-state index contributed by atoms with van der Waals surface area (Å²) in [6.45, 7) is 0. The third-order valence-electron chi connectivity index (χ3n) is 3.58. The molecule has 2 heteroatoms. The molecule has 0 heterocycles. The van der Waals surface area contributed by atoms with Crippen LogP contribution in [0.2, 0.25) is 0 Å². The van der Waals surface area contributed by atoms with Gasteiger partial charge < -0.3 is 4.74 Å². The van der Waals surface area contributed by atoms with Crippen molar-refractivity contribution in [1.82, 2.24) is 0 Å². The van der Waals surface area contributed by atoms with Gasteiger partial charge in [0.15, 0.2) is 0 Å². The zero-order valence-electron chi connectivity index (χ0n) is 12.7. The molecular formula is C20H17OS. The molecule has 0 unspecified atom stereocenters. The molecule has 0 N–H and O–H groups in total. The van der Waals surface area contributed by atoms with Gasteiger partial charge in [0.05, 0.1) is 7.11 Å². The van der Waals surface area contributed by atoms with Crippen LogP contribution in [-0.2, 0) is 0 Å². The highest BCUT2D eigenvalue weighted by Gasteiger charge is 2.08. The summed E-state index contributed by atoms with van der Waals surface area (Å²) in [5.74, 6) is 0.885. The lowest BCUT2D eigenvalue weighted by atomic mass is 9.98. The molecule has 0 aliphatic heterocycles. The van der Waals surface area contributed by atoms with Crippen molar-refractivity contribution in [3.63, 3.8) is 0 Å². The van der Waals surface area contributed by atoms with Gasteiger partial charge in [-0.3, -0.25) is 0 Å². The second-order valence-corrected chi connectivity index (χ2v) is 5.76. The molecule has 22 heavy (non-hydrogen) atoms. The van der Waals surface area contributed by atoms with E-state index in [4.69, 9.17) is 4.74 Å². The minimum absolute atomic E-state index is 0.885. The van der Waals surface area contributed by atoms with Crippen LogP contribution in [0.3, 0.4) is 0 Å². The summed E-state index contributed by atoms with van der Waals surface area (Å²) in [6.07, 6.45) is 2.07. The Hall–Kier alpha value is -2.19. The van der Waals surface area contributed by atoms with Crippen LogP contribution in [0.1, 0.15) is 0 Å². The zero-order valence-corrected chi connectivity index (χ0v) is 13.5. The van der Waals surface area contributed by atoms with Gasteiger partial charge in [-0.1, -0.05) is 48.5 Å². The SMILES string of the molecule is COc1ccc(-c2[c]c(SC)ccc2)cc1-c1ccccc1. The minimum atomic E-state index is 0.885. The maximum atomic E-state index is 5.52. The van der Waals surface area contributed by atoms with Crippen molar-refractivity contribution in [3.05, 3.63) is 72.8 Å². The molecule has 1 radical (unpaired) electrons. The van der Waals surface area contributed by atoms with E-state index in [-0.39, 0.29) is 0 Å². The van der Waals surface area contributed by atoms with E-state index in [1.807, 2.05) is 24.3 Å². The monoisotopic (exact) mass is 305 g/mol. The number of hydrogen-bond donors (Lipinski definition) is 0. The largest absolute Gasteiger partial charge is 0.496 e. The van der Waals surface area contributed by atoms with E-state index >= 15 is 0 Å². The van der Waals surface area contributed by atoms with Gasteiger partial charge >= 0.3 is 0 Å². The van der Waals surface area contributed by atoms with Gasteiger partial charge in [-0.05, 0) is 41.1 Å². The van der Waals surface area contributed by atoms with Crippen molar-refractivity contribution in [2.75, 3.05) is 13.4 Å². The van der Waals surface area contributed by atoms with Crippen molar-refractivity contribution in [2.24, 2.45) is 0 Å². The van der Waals surface area contributed by atoms with Crippen LogP contribution in [0.5, 0.6) is 5.75 Å². The summed E-state index contributed by atoms with van der Waals surface area (Å²) in [5, 5.41) is 0. The minimum Gasteiger partial charge on any atom is -0.496 e. The number of hydrogen-bond acceptors (Lipinski definition) is 2. The smallest absolute Gasteiger partial charge is 0.126 e. The van der Waals surface area contributed by atoms with Crippen LogP contribution in [0.15, 0.2) is 71.6 Å². The lowest BCUT2D eigenvalue weighted by Gasteiger charge is -2.11. The van der Waals surface area contributed by atoms with E-state index in [0.29, 0.717) is 0 Å². The predicted octanol–water partition coefficient (Wildman–Crippen LogP) is 5.55. The highest BCUT2D eigenvalue weighted by atomic mass is 32.2. The maximum Gasteiger partial charge on any atom is 0.126 e. The molecule has 0 saturated heterocycles. The molecule has 0 spiro atoms. The Labute approximate surface area is 136 Å². The summed E-state index contributed by atoms with van der Waals surface area (Å²) in [6, 6.07) is 26.3. The van der Waals surface area contributed by atoms with Gasteiger partial charge in [-0.15, -0.1) is 11.8 Å². The Morgan fingerprint density at radius 3 is 2.41 bits per heavy atom. The third kappa shape index (κ3) is 3.02. The molecule has 3 rings (SSSR count). The summed E-state index contributed by atoms with van der Waals surface area (Å²) in [5.41, 5.74) is 4.51. The Morgan fingerprint density at radius 1 is 0.864 bits per heavy atom. The molecule has 0 aliphatic rings. The number of methoxy groups -OCH3 is 1. The number of benzene rings is 3. The standard InChI is InChI=1S/C20H17OS/c1-21-20-12-11-17(16-9-6-10-18(13-16)22-2)14-19(20)15-7-4-3-5-8-15/h3-12,14H,1-2H3. The second kappa shape index (κ2) is 6.71. The fourth-order valence-corrected chi connectivity index (χ4v) is 2.88. The third-order valence-corrected chi connectivity index (χ3v) is 4.26. The van der Waals surface area contributed by atoms with E-state index in [1.54, 1.807) is 18.9 Å². The van der Waals surface area contributed by atoms with E-state index in [9.17, 15) is 0 Å². The first-order chi connectivity index (χ1) is 10.8. The van der Waals surface area contributed by atoms with Crippen molar-refractivity contribution < 1.29 is 4.74 Å².